The molecule has 0 aromatic heterocycles. The average molecular weight is 461 g/mol. The molecule has 2 heterocycles. The van der Waals surface area contributed by atoms with Gasteiger partial charge in [-0.1, -0.05) is 6.07 Å². The molecule has 2 fully saturated rings. The maximum Gasteiger partial charge on any atom is 0.274 e. The molecule has 3 amide bonds. The highest BCUT2D eigenvalue weighted by Gasteiger charge is 2.38. The smallest absolute Gasteiger partial charge is 0.274 e. The number of phenols is 2. The Morgan fingerprint density at radius 1 is 1.12 bits per heavy atom. The number of carbonyl (C=O) groups is 3. The van der Waals surface area contributed by atoms with E-state index in [2.05, 4.69) is 9.89 Å². The third kappa shape index (κ3) is 6.08. The molecule has 33 heavy (non-hydrogen) atoms. The van der Waals surface area contributed by atoms with Crippen molar-refractivity contribution in [2.75, 3.05) is 39.8 Å². The molecule has 3 atom stereocenters. The molecule has 1 unspecified atom stereocenters. The molecule has 3 rings (SSSR count). The second kappa shape index (κ2) is 10.8. The third-order valence-electron chi connectivity index (χ3n) is 6.20. The van der Waals surface area contributed by atoms with E-state index in [1.54, 1.807) is 11.8 Å². The number of aliphatic hydroxyl groups is 1. The van der Waals surface area contributed by atoms with E-state index in [1.807, 2.05) is 11.9 Å². The van der Waals surface area contributed by atoms with Gasteiger partial charge in [-0.15, -0.1) is 0 Å². The Balaban J connectivity index is 1.56. The lowest BCUT2D eigenvalue weighted by molar-refractivity contribution is -0.145. The number of hydrogen-bond donors (Lipinski definition) is 3. The molecule has 0 radical (unpaired) electrons. The van der Waals surface area contributed by atoms with Crippen LogP contribution in [0.2, 0.25) is 0 Å². The van der Waals surface area contributed by atoms with Crippen LogP contribution in [0.15, 0.2) is 23.2 Å². The summed E-state index contributed by atoms with van der Waals surface area (Å²) in [6.45, 7) is 5.01. The molecule has 1 aromatic rings. The molecule has 180 valence electrons. The van der Waals surface area contributed by atoms with Gasteiger partial charge in [0.25, 0.3) is 5.91 Å². The number of carbonyl (C=O) groups excluding carboxylic acids is 3. The minimum Gasteiger partial charge on any atom is -0.504 e. The number of piperazine rings is 1. The van der Waals surface area contributed by atoms with Gasteiger partial charge in [-0.25, -0.2) is 4.99 Å². The summed E-state index contributed by atoms with van der Waals surface area (Å²) in [6.07, 6.45) is 1.03. The lowest BCUT2D eigenvalue weighted by atomic mass is 10.1. The van der Waals surface area contributed by atoms with Crippen molar-refractivity contribution in [2.24, 2.45) is 10.9 Å². The van der Waals surface area contributed by atoms with E-state index in [-0.39, 0.29) is 29.7 Å². The number of phenolic OH excluding ortho intramolecular Hbond substituents is 2. The summed E-state index contributed by atoms with van der Waals surface area (Å²) < 4.78 is 0. The van der Waals surface area contributed by atoms with Crippen LogP contribution in [0.4, 0.5) is 0 Å². The first kappa shape index (κ1) is 24.7. The van der Waals surface area contributed by atoms with Gasteiger partial charge in [-0.3, -0.25) is 14.4 Å². The molecule has 0 bridgehead atoms. The number of benzene rings is 1. The van der Waals surface area contributed by atoms with Crippen molar-refractivity contribution < 1.29 is 29.7 Å². The molecule has 0 saturated carbocycles. The molecular formula is C23H32N4O6. The van der Waals surface area contributed by atoms with Gasteiger partial charge < -0.3 is 30.0 Å². The van der Waals surface area contributed by atoms with Crippen molar-refractivity contribution in [1.82, 2.24) is 14.7 Å². The van der Waals surface area contributed by atoms with Gasteiger partial charge >= 0.3 is 0 Å². The number of aliphatic hydroxyl groups excluding tert-OH is 1. The maximum absolute atomic E-state index is 13.0. The molecular weight excluding hydrogens is 428 g/mol. The normalized spacial score (nSPS) is 21.4. The number of nitrogens with zero attached hydrogens (tertiary/aromatic N) is 4. The van der Waals surface area contributed by atoms with E-state index in [4.69, 9.17) is 0 Å². The van der Waals surface area contributed by atoms with Crippen molar-refractivity contribution in [1.29, 1.82) is 0 Å². The predicted molar refractivity (Wildman–Crippen MR) is 121 cm³/mol. The number of amides is 3. The van der Waals surface area contributed by atoms with Crippen LogP contribution in [-0.4, -0.2) is 106 Å². The van der Waals surface area contributed by atoms with Crippen molar-refractivity contribution in [2.45, 2.75) is 38.3 Å². The van der Waals surface area contributed by atoms with Crippen LogP contribution < -0.4 is 0 Å². The highest BCUT2D eigenvalue weighted by atomic mass is 16.3. The van der Waals surface area contributed by atoms with Gasteiger partial charge in [0.05, 0.1) is 5.92 Å². The number of likely N-dealkylation sites (N-methyl/N-ethyl adjacent to an activating group) is 1. The lowest BCUT2D eigenvalue weighted by Crippen LogP contribution is -2.54. The van der Waals surface area contributed by atoms with E-state index in [0.717, 1.165) is 19.5 Å². The van der Waals surface area contributed by atoms with Gasteiger partial charge in [-0.05, 0) is 44.5 Å². The summed E-state index contributed by atoms with van der Waals surface area (Å²) in [5.41, 5.74) is 0.452. The second-order valence-corrected chi connectivity index (χ2v) is 8.77. The van der Waals surface area contributed by atoms with Gasteiger partial charge in [0.2, 0.25) is 11.8 Å². The Labute approximate surface area is 193 Å². The minimum absolute atomic E-state index is 0.0262. The molecule has 1 aromatic carbocycles. The monoisotopic (exact) mass is 460 g/mol. The van der Waals surface area contributed by atoms with Crippen LogP contribution in [0.25, 0.3) is 0 Å². The Bertz CT molecular complexity index is 912. The third-order valence-corrected chi connectivity index (χ3v) is 6.20. The summed E-state index contributed by atoms with van der Waals surface area (Å²) in [6, 6.07) is 3.51. The standard InChI is InChI=1S/C23H32N4O6/c1-15(14-24-21(31)20(30)13-16-5-6-18(28)19(29)12-16)22(32)27-7-3-4-17(27)23(33)26-10-8-25(2)9-11-26/h5-6,12,14-15,17,20,28-30H,3-4,7-11,13H2,1-2H3/b24-14+/t15?,17-,20+/m0/s1. The number of likely N-dealkylation sites (tertiary alicyclic amines) is 1. The number of aliphatic imine (C=N–C) groups is 1. The van der Waals surface area contributed by atoms with Crippen LogP contribution in [-0.2, 0) is 20.8 Å². The fraction of sp³-hybridized carbons (Fsp3) is 0.565. The Hall–Kier alpha value is -2.98. The largest absolute Gasteiger partial charge is 0.504 e. The Morgan fingerprint density at radius 3 is 2.48 bits per heavy atom. The molecule has 0 spiro atoms. The van der Waals surface area contributed by atoms with Crippen LogP contribution in [0.1, 0.15) is 25.3 Å². The van der Waals surface area contributed by atoms with Gasteiger partial charge in [0.15, 0.2) is 11.5 Å². The van der Waals surface area contributed by atoms with Crippen molar-refractivity contribution in [3.63, 3.8) is 0 Å². The zero-order valence-corrected chi connectivity index (χ0v) is 19.1. The van der Waals surface area contributed by atoms with Gasteiger partial charge in [-0.2, -0.15) is 0 Å². The molecule has 2 saturated heterocycles. The first-order valence-corrected chi connectivity index (χ1v) is 11.2. The number of hydrogen-bond acceptors (Lipinski definition) is 7. The molecule has 10 nitrogen and oxygen atoms in total. The van der Waals surface area contributed by atoms with E-state index >= 15 is 0 Å². The molecule has 3 N–H and O–H groups in total. The first-order chi connectivity index (χ1) is 15.7. The van der Waals surface area contributed by atoms with E-state index in [1.165, 1.54) is 24.4 Å². The van der Waals surface area contributed by atoms with Crippen molar-refractivity contribution in [3.8, 4) is 11.5 Å². The van der Waals surface area contributed by atoms with E-state index in [9.17, 15) is 29.7 Å². The Morgan fingerprint density at radius 2 is 1.82 bits per heavy atom. The van der Waals surface area contributed by atoms with Crippen molar-refractivity contribution >= 4 is 23.9 Å². The highest BCUT2D eigenvalue weighted by molar-refractivity contribution is 5.99. The van der Waals surface area contributed by atoms with Crippen LogP contribution in [0, 0.1) is 5.92 Å². The summed E-state index contributed by atoms with van der Waals surface area (Å²) in [5.74, 6) is -2.47. The van der Waals surface area contributed by atoms with Crippen LogP contribution in [0.5, 0.6) is 11.5 Å². The molecule has 2 aliphatic rings. The summed E-state index contributed by atoms with van der Waals surface area (Å²) in [5, 5.41) is 29.0. The maximum atomic E-state index is 13.0. The van der Waals surface area contributed by atoms with Crippen molar-refractivity contribution in [3.05, 3.63) is 23.8 Å². The highest BCUT2D eigenvalue weighted by Crippen LogP contribution is 2.25. The average Bonchev–Trinajstić information content (AvgIpc) is 3.29. The molecule has 2 aliphatic heterocycles. The summed E-state index contributed by atoms with van der Waals surface area (Å²) in [7, 11) is 2.01. The molecule has 10 heteroatoms. The van der Waals surface area contributed by atoms with E-state index in [0.29, 0.717) is 31.6 Å². The lowest BCUT2D eigenvalue weighted by Gasteiger charge is -2.36. The zero-order chi connectivity index (χ0) is 24.1. The quantitative estimate of drug-likeness (QED) is 0.402. The van der Waals surface area contributed by atoms with E-state index < -0.39 is 24.0 Å². The number of rotatable bonds is 6. The fourth-order valence-corrected chi connectivity index (χ4v) is 4.13. The van der Waals surface area contributed by atoms with Gasteiger partial charge in [0, 0.05) is 45.4 Å². The summed E-state index contributed by atoms with van der Waals surface area (Å²) in [4.78, 5) is 47.5. The zero-order valence-electron chi connectivity index (χ0n) is 19.1. The first-order valence-electron chi connectivity index (χ1n) is 11.2. The topological polar surface area (TPSA) is 134 Å². The Kier molecular flexibility index (Phi) is 8.04. The second-order valence-electron chi connectivity index (χ2n) is 8.77. The summed E-state index contributed by atoms with van der Waals surface area (Å²) >= 11 is 0. The van der Waals surface area contributed by atoms with Gasteiger partial charge in [0.1, 0.15) is 12.1 Å². The number of aromatic hydroxyl groups is 2. The predicted octanol–water partition coefficient (Wildman–Crippen LogP) is -0.000300. The minimum atomic E-state index is -1.45. The van der Waals surface area contributed by atoms with Crippen LogP contribution in [0.3, 0.4) is 0 Å². The fourth-order valence-electron chi connectivity index (χ4n) is 4.13. The SMILES string of the molecule is CC(/C=N/C(=O)[C@H](O)Cc1ccc(O)c(O)c1)C(=O)N1CCC[C@H]1C(=O)N1CCN(C)CC1. The van der Waals surface area contributed by atoms with Crippen LogP contribution >= 0.6 is 0 Å². The molecule has 0 aliphatic carbocycles.